The van der Waals surface area contributed by atoms with Gasteiger partial charge in [0.1, 0.15) is 0 Å². The third kappa shape index (κ3) is 3.49. The molecule has 0 spiro atoms. The monoisotopic (exact) mass is 143 g/mol. The molecule has 0 aliphatic heterocycles. The second kappa shape index (κ2) is 4.31. The highest BCUT2D eigenvalue weighted by Gasteiger charge is 2.06. The van der Waals surface area contributed by atoms with Gasteiger partial charge in [-0.2, -0.15) is 0 Å². The molecule has 60 valence electrons. The van der Waals surface area contributed by atoms with Crippen LogP contribution in [0.25, 0.3) is 0 Å². The Morgan fingerprint density at radius 2 is 1.70 bits per heavy atom. The van der Waals surface area contributed by atoms with Gasteiger partial charge in [-0.25, -0.2) is 0 Å². The Morgan fingerprint density at radius 3 is 1.80 bits per heavy atom. The third-order valence-electron chi connectivity index (χ3n) is 1.07. The van der Waals surface area contributed by atoms with Crippen LogP contribution in [0.1, 0.15) is 27.7 Å². The molecule has 2 nitrogen and oxygen atoms in total. The Balaban J connectivity index is 3.86. The Bertz CT molecular complexity index is 116. The fourth-order valence-corrected chi connectivity index (χ4v) is 0.688. The highest BCUT2D eigenvalue weighted by Crippen LogP contribution is 2.01. The van der Waals surface area contributed by atoms with Crippen molar-refractivity contribution in [2.24, 2.45) is 10.9 Å². The molecule has 0 atom stereocenters. The summed E-state index contributed by atoms with van der Waals surface area (Å²) in [7, 11) is 1.76. The first-order chi connectivity index (χ1) is 4.57. The van der Waals surface area contributed by atoms with Crippen molar-refractivity contribution in [3.05, 3.63) is 0 Å². The van der Waals surface area contributed by atoms with Crippen molar-refractivity contribution in [3.8, 4) is 0 Å². The van der Waals surface area contributed by atoms with Gasteiger partial charge in [-0.05, 0) is 13.8 Å². The summed E-state index contributed by atoms with van der Waals surface area (Å²) in [5.41, 5.74) is 0. The molecule has 0 aliphatic carbocycles. The van der Waals surface area contributed by atoms with Crippen LogP contribution < -0.4 is 0 Å². The number of rotatable bonds is 2. The van der Waals surface area contributed by atoms with E-state index in [9.17, 15) is 0 Å². The molecule has 0 saturated heterocycles. The summed E-state index contributed by atoms with van der Waals surface area (Å²) in [5.74, 6) is 1.24. The molecule has 10 heavy (non-hydrogen) atoms. The highest BCUT2D eigenvalue weighted by atomic mass is 16.5. The SMILES string of the molecule is C/N=C(\OC(C)C)C(C)C. The third-order valence-corrected chi connectivity index (χ3v) is 1.07. The normalized spacial score (nSPS) is 12.9. The van der Waals surface area contributed by atoms with Crippen LogP contribution in [0, 0.1) is 5.92 Å². The molecule has 0 N–H and O–H groups in total. The van der Waals surface area contributed by atoms with Gasteiger partial charge in [0.15, 0.2) is 5.90 Å². The minimum atomic E-state index is 0.237. The van der Waals surface area contributed by atoms with Crippen molar-refractivity contribution in [1.82, 2.24) is 0 Å². The maximum atomic E-state index is 5.41. The highest BCUT2D eigenvalue weighted by molar-refractivity contribution is 5.77. The van der Waals surface area contributed by atoms with Gasteiger partial charge in [-0.15, -0.1) is 0 Å². The van der Waals surface area contributed by atoms with Gasteiger partial charge in [-0.1, -0.05) is 13.8 Å². The molecule has 0 aliphatic rings. The molecule has 0 rings (SSSR count). The van der Waals surface area contributed by atoms with E-state index in [1.54, 1.807) is 7.05 Å². The zero-order valence-corrected chi connectivity index (χ0v) is 7.51. The summed E-state index contributed by atoms with van der Waals surface area (Å²) in [6.07, 6.45) is 0.237. The topological polar surface area (TPSA) is 21.6 Å². The lowest BCUT2D eigenvalue weighted by molar-refractivity contribution is 0.213. The van der Waals surface area contributed by atoms with Gasteiger partial charge >= 0.3 is 0 Å². The first kappa shape index (κ1) is 9.47. The number of hydrogen-bond donors (Lipinski definition) is 0. The summed E-state index contributed by atoms with van der Waals surface area (Å²) in [4.78, 5) is 4.02. The first-order valence-electron chi connectivity index (χ1n) is 3.71. The summed E-state index contributed by atoms with van der Waals surface area (Å²) < 4.78 is 5.41. The minimum absolute atomic E-state index is 0.237. The average molecular weight is 143 g/mol. The summed E-state index contributed by atoms with van der Waals surface area (Å²) in [6.45, 7) is 8.16. The van der Waals surface area contributed by atoms with E-state index in [0.29, 0.717) is 5.92 Å². The number of hydrogen-bond acceptors (Lipinski definition) is 2. The fourth-order valence-electron chi connectivity index (χ4n) is 0.688. The second-order valence-corrected chi connectivity index (χ2v) is 2.88. The Labute approximate surface area is 63.3 Å². The smallest absolute Gasteiger partial charge is 0.185 e. The standard InChI is InChI=1S/C8H17NO/c1-6(2)8(9-5)10-7(3)4/h6-7H,1-5H3/b9-8-. The van der Waals surface area contributed by atoms with E-state index in [1.165, 1.54) is 0 Å². The Hall–Kier alpha value is -0.530. The molecule has 0 aromatic heterocycles. The molecule has 0 unspecified atom stereocenters. The average Bonchev–Trinajstić information content (AvgIpc) is 1.81. The lowest BCUT2D eigenvalue weighted by Crippen LogP contribution is -2.16. The molecule has 0 aromatic carbocycles. The van der Waals surface area contributed by atoms with Crippen LogP contribution >= 0.6 is 0 Å². The molecular weight excluding hydrogens is 126 g/mol. The molecule has 0 heterocycles. The van der Waals surface area contributed by atoms with Crippen LogP contribution in [0.2, 0.25) is 0 Å². The lowest BCUT2D eigenvalue weighted by Gasteiger charge is -2.14. The second-order valence-electron chi connectivity index (χ2n) is 2.88. The van der Waals surface area contributed by atoms with E-state index >= 15 is 0 Å². The van der Waals surface area contributed by atoms with E-state index in [2.05, 4.69) is 18.8 Å². The van der Waals surface area contributed by atoms with Crippen molar-refractivity contribution < 1.29 is 4.74 Å². The lowest BCUT2D eigenvalue weighted by atomic mass is 10.2. The Morgan fingerprint density at radius 1 is 1.20 bits per heavy atom. The predicted molar refractivity (Wildman–Crippen MR) is 44.4 cm³/mol. The van der Waals surface area contributed by atoms with E-state index in [4.69, 9.17) is 4.74 Å². The number of ether oxygens (including phenoxy) is 1. The van der Waals surface area contributed by atoms with E-state index in [-0.39, 0.29) is 6.10 Å². The van der Waals surface area contributed by atoms with Crippen LogP contribution in [0.15, 0.2) is 4.99 Å². The summed E-state index contributed by atoms with van der Waals surface area (Å²) in [5, 5.41) is 0. The van der Waals surface area contributed by atoms with Gasteiger partial charge in [0, 0.05) is 13.0 Å². The van der Waals surface area contributed by atoms with Crippen molar-refractivity contribution in [1.29, 1.82) is 0 Å². The summed E-state index contributed by atoms with van der Waals surface area (Å²) in [6, 6.07) is 0. The van der Waals surface area contributed by atoms with Crippen molar-refractivity contribution in [2.75, 3.05) is 7.05 Å². The number of aliphatic imine (C=N–C) groups is 1. The molecular formula is C8H17NO. The molecule has 0 saturated carbocycles. The first-order valence-corrected chi connectivity index (χ1v) is 3.71. The van der Waals surface area contributed by atoms with Crippen LogP contribution in [0.4, 0.5) is 0 Å². The van der Waals surface area contributed by atoms with Crippen molar-refractivity contribution in [3.63, 3.8) is 0 Å². The zero-order valence-electron chi connectivity index (χ0n) is 7.51. The van der Waals surface area contributed by atoms with E-state index in [1.807, 2.05) is 13.8 Å². The molecule has 0 amide bonds. The van der Waals surface area contributed by atoms with Crippen LogP contribution in [0.5, 0.6) is 0 Å². The number of nitrogens with zero attached hydrogens (tertiary/aromatic N) is 1. The summed E-state index contributed by atoms with van der Waals surface area (Å²) >= 11 is 0. The zero-order chi connectivity index (χ0) is 8.15. The quantitative estimate of drug-likeness (QED) is 0.428. The molecule has 0 bridgehead atoms. The van der Waals surface area contributed by atoms with Crippen LogP contribution in [0.3, 0.4) is 0 Å². The van der Waals surface area contributed by atoms with Gasteiger partial charge in [0.25, 0.3) is 0 Å². The van der Waals surface area contributed by atoms with Gasteiger partial charge in [0.05, 0.1) is 6.10 Å². The van der Waals surface area contributed by atoms with Crippen molar-refractivity contribution >= 4 is 5.90 Å². The van der Waals surface area contributed by atoms with Gasteiger partial charge in [-0.3, -0.25) is 4.99 Å². The largest absolute Gasteiger partial charge is 0.478 e. The van der Waals surface area contributed by atoms with Crippen molar-refractivity contribution in [2.45, 2.75) is 33.8 Å². The molecule has 0 aromatic rings. The van der Waals surface area contributed by atoms with Gasteiger partial charge < -0.3 is 4.74 Å². The van der Waals surface area contributed by atoms with Crippen LogP contribution in [-0.2, 0) is 4.74 Å². The van der Waals surface area contributed by atoms with Crippen LogP contribution in [-0.4, -0.2) is 19.0 Å². The molecule has 0 radical (unpaired) electrons. The maximum Gasteiger partial charge on any atom is 0.185 e. The molecule has 2 heteroatoms. The fraction of sp³-hybridized carbons (Fsp3) is 0.875. The predicted octanol–water partition coefficient (Wildman–Crippen LogP) is 2.10. The van der Waals surface area contributed by atoms with E-state index < -0.39 is 0 Å². The Kier molecular flexibility index (Phi) is 4.08. The maximum absolute atomic E-state index is 5.41. The van der Waals surface area contributed by atoms with Gasteiger partial charge in [0.2, 0.25) is 0 Å². The van der Waals surface area contributed by atoms with E-state index in [0.717, 1.165) is 5.90 Å². The minimum Gasteiger partial charge on any atom is -0.478 e. The molecule has 0 fully saturated rings.